The predicted octanol–water partition coefficient (Wildman–Crippen LogP) is 3.16. The van der Waals surface area contributed by atoms with E-state index >= 15 is 0 Å². The highest BCUT2D eigenvalue weighted by Gasteiger charge is 2.19. The summed E-state index contributed by atoms with van der Waals surface area (Å²) in [6.07, 6.45) is 3.30. The molecule has 0 aliphatic heterocycles. The summed E-state index contributed by atoms with van der Waals surface area (Å²) in [6.45, 7) is 4.19. The van der Waals surface area contributed by atoms with Crippen LogP contribution >= 0.6 is 0 Å². The fraction of sp³-hybridized carbons (Fsp3) is 0.286. The molecule has 4 aromatic heterocycles. The van der Waals surface area contributed by atoms with Gasteiger partial charge in [-0.05, 0) is 43.2 Å². The molecule has 5 rings (SSSR count). The van der Waals surface area contributed by atoms with E-state index < -0.39 is 6.10 Å². The number of aliphatic hydroxyl groups is 2. The maximum Gasteiger partial charge on any atom is 0.185 e. The molecule has 0 saturated heterocycles. The molecule has 1 aromatic carbocycles. The largest absolute Gasteiger partial charge is 0.491 e. The van der Waals surface area contributed by atoms with Crippen LogP contribution in [-0.2, 0) is 19.4 Å². The van der Waals surface area contributed by atoms with Crippen molar-refractivity contribution in [2.45, 2.75) is 39.3 Å². The molecule has 37 heavy (non-hydrogen) atoms. The molecule has 190 valence electrons. The van der Waals surface area contributed by atoms with Gasteiger partial charge in [0, 0.05) is 29.8 Å². The van der Waals surface area contributed by atoms with E-state index in [1.54, 1.807) is 28.9 Å². The number of aromatic nitrogens is 5. The highest BCUT2D eigenvalue weighted by atomic mass is 16.5. The number of benzene rings is 1. The molecule has 1 unspecified atom stereocenters. The van der Waals surface area contributed by atoms with Crippen LogP contribution in [0.4, 0.5) is 0 Å². The molecule has 2 N–H and O–H groups in total. The van der Waals surface area contributed by atoms with Gasteiger partial charge < -0.3 is 14.9 Å². The highest BCUT2D eigenvalue weighted by molar-refractivity contribution is 5.99. The van der Waals surface area contributed by atoms with E-state index in [-0.39, 0.29) is 25.4 Å². The fourth-order valence-electron chi connectivity index (χ4n) is 4.51. The van der Waals surface area contributed by atoms with E-state index in [0.717, 1.165) is 40.0 Å². The Bertz CT molecular complexity index is 1570. The van der Waals surface area contributed by atoms with Gasteiger partial charge in [0.25, 0.3) is 0 Å². The molecule has 0 amide bonds. The molecule has 9 nitrogen and oxygen atoms in total. The van der Waals surface area contributed by atoms with Crippen molar-refractivity contribution in [2.75, 3.05) is 13.2 Å². The lowest BCUT2D eigenvalue weighted by Crippen LogP contribution is -2.21. The summed E-state index contributed by atoms with van der Waals surface area (Å²) in [5, 5.41) is 24.3. The summed E-state index contributed by atoms with van der Waals surface area (Å²) in [4.78, 5) is 22.4. The van der Waals surface area contributed by atoms with Crippen molar-refractivity contribution in [3.8, 4) is 5.75 Å². The van der Waals surface area contributed by atoms with Crippen LogP contribution in [0.1, 0.15) is 40.1 Å². The van der Waals surface area contributed by atoms with Gasteiger partial charge in [-0.3, -0.25) is 18.9 Å². The van der Waals surface area contributed by atoms with Crippen molar-refractivity contribution < 1.29 is 19.7 Å². The van der Waals surface area contributed by atoms with E-state index in [9.17, 15) is 9.90 Å². The topological polar surface area (TPSA) is 115 Å². The number of fused-ring (bicyclic) bond motifs is 2. The zero-order valence-electron chi connectivity index (χ0n) is 20.8. The number of hydrogen-bond donors (Lipinski definition) is 2. The minimum atomic E-state index is -0.957. The van der Waals surface area contributed by atoms with E-state index in [4.69, 9.17) is 14.9 Å². The van der Waals surface area contributed by atoms with E-state index in [0.29, 0.717) is 23.6 Å². The Morgan fingerprint density at radius 3 is 2.78 bits per heavy atom. The first-order chi connectivity index (χ1) is 18.0. The van der Waals surface area contributed by atoms with Crippen LogP contribution in [0.15, 0.2) is 60.9 Å². The van der Waals surface area contributed by atoms with Crippen LogP contribution < -0.4 is 4.74 Å². The first-order valence-corrected chi connectivity index (χ1v) is 12.3. The van der Waals surface area contributed by atoms with Gasteiger partial charge in [0.15, 0.2) is 5.78 Å². The average molecular weight is 500 g/mol. The number of ether oxygens (including phenoxy) is 1. The highest BCUT2D eigenvalue weighted by Crippen LogP contribution is 2.26. The Kier molecular flexibility index (Phi) is 6.98. The van der Waals surface area contributed by atoms with Crippen LogP contribution in [-0.4, -0.2) is 59.5 Å². The number of aryl methyl sites for hydroxylation is 2. The van der Waals surface area contributed by atoms with E-state index in [2.05, 4.69) is 16.9 Å². The number of ketones is 1. The number of Topliss-reactive ketones (excluding diaryl/α,β-unsaturated/α-hetero) is 1. The molecule has 0 aliphatic carbocycles. The zero-order valence-corrected chi connectivity index (χ0v) is 20.8. The van der Waals surface area contributed by atoms with Crippen molar-refractivity contribution in [2.24, 2.45) is 0 Å². The fourth-order valence-corrected chi connectivity index (χ4v) is 4.51. The monoisotopic (exact) mass is 499 g/mol. The number of pyridine rings is 2. The average Bonchev–Trinajstić information content (AvgIpc) is 3.49. The number of nitrogens with zero attached hydrogens (tertiary/aromatic N) is 5. The summed E-state index contributed by atoms with van der Waals surface area (Å²) < 4.78 is 9.19. The summed E-state index contributed by atoms with van der Waals surface area (Å²) in [7, 11) is 0. The van der Waals surface area contributed by atoms with Gasteiger partial charge in [-0.25, -0.2) is 4.98 Å². The van der Waals surface area contributed by atoms with Crippen LogP contribution in [0.2, 0.25) is 0 Å². The van der Waals surface area contributed by atoms with Crippen molar-refractivity contribution in [1.29, 1.82) is 0 Å². The minimum Gasteiger partial charge on any atom is -0.491 e. The summed E-state index contributed by atoms with van der Waals surface area (Å²) >= 11 is 0. The third-order valence-electron chi connectivity index (χ3n) is 6.30. The van der Waals surface area contributed by atoms with Crippen molar-refractivity contribution in [3.05, 3.63) is 89.3 Å². The maximum absolute atomic E-state index is 13.4. The molecule has 0 spiro atoms. The van der Waals surface area contributed by atoms with Gasteiger partial charge in [-0.1, -0.05) is 25.1 Å². The number of rotatable bonds is 10. The minimum absolute atomic E-state index is 0.0312. The van der Waals surface area contributed by atoms with Gasteiger partial charge in [0.2, 0.25) is 0 Å². The van der Waals surface area contributed by atoms with Crippen LogP contribution in [0.25, 0.3) is 16.6 Å². The van der Waals surface area contributed by atoms with Gasteiger partial charge in [0.1, 0.15) is 29.8 Å². The van der Waals surface area contributed by atoms with Gasteiger partial charge in [0.05, 0.1) is 36.3 Å². The van der Waals surface area contributed by atoms with Crippen molar-refractivity contribution in [3.63, 3.8) is 0 Å². The molecule has 0 aliphatic rings. The predicted molar refractivity (Wildman–Crippen MR) is 139 cm³/mol. The Labute approximate surface area is 214 Å². The molecule has 9 heteroatoms. The van der Waals surface area contributed by atoms with E-state index in [1.807, 2.05) is 48.0 Å². The first-order valence-electron chi connectivity index (χ1n) is 12.3. The summed E-state index contributed by atoms with van der Waals surface area (Å²) in [5.41, 5.74) is 5.80. The normalized spacial score (nSPS) is 12.3. The second-order valence-corrected chi connectivity index (χ2v) is 9.02. The lowest BCUT2D eigenvalue weighted by atomic mass is 10.0. The third kappa shape index (κ3) is 5.09. The first kappa shape index (κ1) is 24.6. The second-order valence-electron chi connectivity index (χ2n) is 9.02. The SMILES string of the molecule is CCc1nn(Cc2cccc(C)n2)c2cccc(CC(=O)c3cnc4cc(OCC(O)CO)ccn34)c12. The van der Waals surface area contributed by atoms with Crippen LogP contribution in [0, 0.1) is 6.92 Å². The van der Waals surface area contributed by atoms with Crippen molar-refractivity contribution in [1.82, 2.24) is 24.1 Å². The number of carbonyl (C=O) groups excluding carboxylic acids is 1. The molecule has 1 atom stereocenters. The summed E-state index contributed by atoms with van der Waals surface area (Å²) in [5.74, 6) is 0.442. The molecule has 5 aromatic rings. The smallest absolute Gasteiger partial charge is 0.185 e. The van der Waals surface area contributed by atoms with Gasteiger partial charge in [-0.15, -0.1) is 0 Å². The van der Waals surface area contributed by atoms with E-state index in [1.165, 1.54) is 0 Å². The van der Waals surface area contributed by atoms with Gasteiger partial charge >= 0.3 is 0 Å². The number of hydrogen-bond acceptors (Lipinski definition) is 7. The Morgan fingerprint density at radius 1 is 1.16 bits per heavy atom. The quantitative estimate of drug-likeness (QED) is 0.284. The van der Waals surface area contributed by atoms with Crippen molar-refractivity contribution >= 4 is 22.3 Å². The molecule has 0 saturated carbocycles. The maximum atomic E-state index is 13.4. The van der Waals surface area contributed by atoms with Crippen LogP contribution in [0.3, 0.4) is 0 Å². The van der Waals surface area contributed by atoms with Gasteiger partial charge in [-0.2, -0.15) is 5.10 Å². The zero-order chi connectivity index (χ0) is 25.9. The lowest BCUT2D eigenvalue weighted by molar-refractivity contribution is 0.0536. The third-order valence-corrected chi connectivity index (χ3v) is 6.30. The molecular formula is C28H29N5O4. The Morgan fingerprint density at radius 2 is 2.00 bits per heavy atom. The molecular weight excluding hydrogens is 470 g/mol. The number of aliphatic hydroxyl groups excluding tert-OH is 2. The molecule has 0 radical (unpaired) electrons. The Hall–Kier alpha value is -4.08. The second kappa shape index (κ2) is 10.5. The molecule has 0 fully saturated rings. The lowest BCUT2D eigenvalue weighted by Gasteiger charge is -2.10. The summed E-state index contributed by atoms with van der Waals surface area (Å²) in [6, 6.07) is 15.3. The number of carbonyl (C=O) groups is 1. The number of imidazole rings is 1. The molecule has 0 bridgehead atoms. The standard InChI is InChI=1S/C28H29N5O4/c1-3-23-28-19(7-5-9-24(28)33(31-23)15-20-8-4-6-18(2)30-20)12-26(36)25-14-29-27-13-22(10-11-32(25)27)37-17-21(35)16-34/h4-11,13-14,21,34-35H,3,12,15-17H2,1-2H3. The molecule has 4 heterocycles. The Balaban J connectivity index is 1.42. The van der Waals surface area contributed by atoms with Crippen LogP contribution in [0.5, 0.6) is 5.75 Å².